The van der Waals surface area contributed by atoms with E-state index in [9.17, 15) is 14.0 Å². The number of pyridine rings is 1. The summed E-state index contributed by atoms with van der Waals surface area (Å²) in [6.07, 6.45) is 2.68. The third-order valence-corrected chi connectivity index (χ3v) is 6.84. The Morgan fingerprint density at radius 3 is 2.66 bits per heavy atom. The molecule has 4 aliphatic rings. The minimum Gasteiger partial charge on any atom is -0.437 e. The minimum atomic E-state index is -0.626. The first-order valence-corrected chi connectivity index (χ1v) is 10.3. The van der Waals surface area contributed by atoms with Crippen molar-refractivity contribution in [2.24, 2.45) is 5.92 Å². The van der Waals surface area contributed by atoms with E-state index in [-0.39, 0.29) is 29.8 Å². The number of ether oxygens (including phenoxy) is 1. The highest BCUT2D eigenvalue weighted by atomic mass is 19.1. The lowest BCUT2D eigenvalue weighted by atomic mass is 9.84. The third kappa shape index (κ3) is 3.11. The van der Waals surface area contributed by atoms with Gasteiger partial charge in [0, 0.05) is 25.6 Å². The molecular formula is C20H26FN5O3. The molecule has 1 unspecified atom stereocenters. The average molecular weight is 403 g/mol. The molecule has 9 heteroatoms. The fourth-order valence-electron chi connectivity index (χ4n) is 5.06. The molecule has 2 amide bonds. The molecule has 4 saturated heterocycles. The van der Waals surface area contributed by atoms with E-state index in [0.29, 0.717) is 38.5 Å². The lowest BCUT2D eigenvalue weighted by Gasteiger charge is -2.51. The molecular weight excluding hydrogens is 377 g/mol. The van der Waals surface area contributed by atoms with Crippen LogP contribution in [0.15, 0.2) is 18.3 Å². The highest BCUT2D eigenvalue weighted by Gasteiger charge is 2.62. The summed E-state index contributed by atoms with van der Waals surface area (Å²) in [4.78, 5) is 37.6. The largest absolute Gasteiger partial charge is 0.437 e. The first kappa shape index (κ1) is 18.6. The van der Waals surface area contributed by atoms with E-state index in [2.05, 4.69) is 16.9 Å². The van der Waals surface area contributed by atoms with Crippen molar-refractivity contribution < 1.29 is 18.7 Å². The van der Waals surface area contributed by atoms with Crippen molar-refractivity contribution in [2.75, 3.05) is 57.8 Å². The van der Waals surface area contributed by atoms with Gasteiger partial charge in [0.15, 0.2) is 5.60 Å². The van der Waals surface area contributed by atoms with Gasteiger partial charge in [-0.3, -0.25) is 9.69 Å². The average Bonchev–Trinajstić information content (AvgIpc) is 3.00. The van der Waals surface area contributed by atoms with Gasteiger partial charge in [0.05, 0.1) is 25.3 Å². The lowest BCUT2D eigenvalue weighted by molar-refractivity contribution is -0.140. The fourth-order valence-corrected chi connectivity index (χ4v) is 5.06. The number of fused-ring (bicyclic) bond motifs is 2. The summed E-state index contributed by atoms with van der Waals surface area (Å²) in [6.45, 7) is 4.51. The van der Waals surface area contributed by atoms with Crippen LogP contribution in [0.4, 0.5) is 15.0 Å². The standard InChI is InChI=1S/C20H26FN5O3/c1-23-6-4-14(5-7-23)18(27)24-8-9-26-16(11-24)20(29-19(26)28)12-25(13-20)17-3-2-15(21)10-22-17/h2-3,10,14,16H,4-9,11-13H2,1H3. The van der Waals surface area contributed by atoms with Gasteiger partial charge in [-0.05, 0) is 45.1 Å². The van der Waals surface area contributed by atoms with Crippen LogP contribution in [0.5, 0.6) is 0 Å². The zero-order chi connectivity index (χ0) is 20.2. The number of carbonyl (C=O) groups excluding carboxylic acids is 2. The molecule has 1 spiro atoms. The van der Waals surface area contributed by atoms with Gasteiger partial charge in [0.25, 0.3) is 0 Å². The van der Waals surface area contributed by atoms with Gasteiger partial charge in [0.2, 0.25) is 5.91 Å². The normalized spacial score (nSPS) is 27.0. The van der Waals surface area contributed by atoms with Crippen LogP contribution < -0.4 is 4.90 Å². The molecule has 4 fully saturated rings. The van der Waals surface area contributed by atoms with Gasteiger partial charge in [-0.15, -0.1) is 0 Å². The molecule has 4 aliphatic heterocycles. The molecule has 156 valence electrons. The van der Waals surface area contributed by atoms with Gasteiger partial charge >= 0.3 is 6.09 Å². The van der Waals surface area contributed by atoms with Gasteiger partial charge in [-0.1, -0.05) is 0 Å². The minimum absolute atomic E-state index is 0.0769. The second kappa shape index (κ2) is 6.83. The van der Waals surface area contributed by atoms with Crippen LogP contribution in [0.25, 0.3) is 0 Å². The molecule has 5 rings (SSSR count). The number of amides is 2. The highest BCUT2D eigenvalue weighted by Crippen LogP contribution is 2.41. The number of rotatable bonds is 2. The number of halogens is 1. The van der Waals surface area contributed by atoms with E-state index >= 15 is 0 Å². The lowest BCUT2D eigenvalue weighted by Crippen LogP contribution is -2.71. The Labute approximate surface area is 169 Å². The van der Waals surface area contributed by atoms with E-state index in [1.807, 2.05) is 9.80 Å². The predicted octanol–water partition coefficient (Wildman–Crippen LogP) is 0.784. The Balaban J connectivity index is 1.27. The molecule has 0 aliphatic carbocycles. The van der Waals surface area contributed by atoms with Crippen LogP contribution in [0, 0.1) is 11.7 Å². The highest BCUT2D eigenvalue weighted by molar-refractivity contribution is 5.80. The van der Waals surface area contributed by atoms with Crippen molar-refractivity contribution in [3.63, 3.8) is 0 Å². The number of nitrogens with zero attached hydrogens (tertiary/aromatic N) is 5. The molecule has 1 aromatic heterocycles. The summed E-state index contributed by atoms with van der Waals surface area (Å²) in [6, 6.07) is 2.87. The molecule has 1 atom stereocenters. The summed E-state index contributed by atoms with van der Waals surface area (Å²) < 4.78 is 18.9. The molecule has 5 heterocycles. The fraction of sp³-hybridized carbons (Fsp3) is 0.650. The van der Waals surface area contributed by atoms with Crippen LogP contribution in [-0.2, 0) is 9.53 Å². The maximum atomic E-state index is 13.1. The van der Waals surface area contributed by atoms with E-state index in [1.165, 1.54) is 12.3 Å². The summed E-state index contributed by atoms with van der Waals surface area (Å²) in [5, 5.41) is 0. The monoisotopic (exact) mass is 403 g/mol. The van der Waals surface area contributed by atoms with Crippen LogP contribution in [0.1, 0.15) is 12.8 Å². The molecule has 0 N–H and O–H groups in total. The van der Waals surface area contributed by atoms with Crippen LogP contribution in [0.2, 0.25) is 0 Å². The van der Waals surface area contributed by atoms with E-state index in [0.717, 1.165) is 25.9 Å². The quantitative estimate of drug-likeness (QED) is 0.727. The topological polar surface area (TPSA) is 69.2 Å². The SMILES string of the molecule is CN1CCC(C(=O)N2CCN3C(=O)OC4(CN(c5ccc(F)cn5)C4)C3C2)CC1. The molecule has 0 saturated carbocycles. The van der Waals surface area contributed by atoms with Crippen LogP contribution in [0.3, 0.4) is 0 Å². The zero-order valence-electron chi connectivity index (χ0n) is 16.6. The summed E-state index contributed by atoms with van der Waals surface area (Å²) in [5.41, 5.74) is -0.626. The van der Waals surface area contributed by atoms with E-state index < -0.39 is 5.60 Å². The number of anilines is 1. The van der Waals surface area contributed by atoms with Crippen molar-refractivity contribution in [1.82, 2.24) is 19.7 Å². The van der Waals surface area contributed by atoms with Crippen molar-refractivity contribution in [3.8, 4) is 0 Å². The molecule has 1 aromatic rings. The Morgan fingerprint density at radius 1 is 1.21 bits per heavy atom. The Hall–Kier alpha value is -2.42. The Bertz CT molecular complexity index is 805. The van der Waals surface area contributed by atoms with Gasteiger partial charge in [-0.25, -0.2) is 14.2 Å². The predicted molar refractivity (Wildman–Crippen MR) is 103 cm³/mol. The van der Waals surface area contributed by atoms with Gasteiger partial charge < -0.3 is 19.4 Å². The van der Waals surface area contributed by atoms with Crippen molar-refractivity contribution in [1.29, 1.82) is 0 Å². The summed E-state index contributed by atoms with van der Waals surface area (Å²) in [7, 11) is 2.09. The number of hydrogen-bond acceptors (Lipinski definition) is 6. The van der Waals surface area contributed by atoms with Crippen LogP contribution in [-0.4, -0.2) is 96.2 Å². The molecule has 0 radical (unpaired) electrons. The number of piperazine rings is 1. The molecule has 0 bridgehead atoms. The number of aromatic nitrogens is 1. The number of carbonyl (C=O) groups is 2. The van der Waals surface area contributed by atoms with Gasteiger partial charge in [0.1, 0.15) is 11.6 Å². The van der Waals surface area contributed by atoms with Crippen molar-refractivity contribution >= 4 is 17.8 Å². The first-order valence-electron chi connectivity index (χ1n) is 10.3. The second-order valence-electron chi connectivity index (χ2n) is 8.69. The first-order chi connectivity index (χ1) is 13.9. The smallest absolute Gasteiger partial charge is 0.411 e. The number of piperidine rings is 1. The van der Waals surface area contributed by atoms with E-state index in [1.54, 1.807) is 11.0 Å². The van der Waals surface area contributed by atoms with Crippen LogP contribution >= 0.6 is 0 Å². The summed E-state index contributed by atoms with van der Waals surface area (Å²) >= 11 is 0. The maximum absolute atomic E-state index is 13.1. The molecule has 0 aromatic carbocycles. The van der Waals surface area contributed by atoms with E-state index in [4.69, 9.17) is 4.74 Å². The summed E-state index contributed by atoms with van der Waals surface area (Å²) in [5.74, 6) is 0.580. The van der Waals surface area contributed by atoms with Crippen molar-refractivity contribution in [2.45, 2.75) is 24.5 Å². The van der Waals surface area contributed by atoms with Gasteiger partial charge in [-0.2, -0.15) is 0 Å². The Morgan fingerprint density at radius 2 is 1.97 bits per heavy atom. The third-order valence-electron chi connectivity index (χ3n) is 6.84. The molecule has 8 nitrogen and oxygen atoms in total. The van der Waals surface area contributed by atoms with Crippen molar-refractivity contribution in [3.05, 3.63) is 24.1 Å². The number of likely N-dealkylation sites (tertiary alicyclic amines) is 1. The molecule has 29 heavy (non-hydrogen) atoms. The Kier molecular flexibility index (Phi) is 4.38. The number of hydrogen-bond donors (Lipinski definition) is 0. The second-order valence-corrected chi connectivity index (χ2v) is 8.69. The zero-order valence-corrected chi connectivity index (χ0v) is 16.6. The maximum Gasteiger partial charge on any atom is 0.411 e.